The van der Waals surface area contributed by atoms with Crippen LogP contribution in [0.25, 0.3) is 0 Å². The molecule has 0 aliphatic heterocycles. The van der Waals surface area contributed by atoms with Gasteiger partial charge < -0.3 is 10.1 Å². The zero-order valence-electron chi connectivity index (χ0n) is 16.5. The highest BCUT2D eigenvalue weighted by Gasteiger charge is 2.14. The van der Waals surface area contributed by atoms with Crippen molar-refractivity contribution >= 4 is 28.9 Å². The predicted octanol–water partition coefficient (Wildman–Crippen LogP) is 5.29. The zero-order valence-corrected chi connectivity index (χ0v) is 17.3. The van der Waals surface area contributed by atoms with Gasteiger partial charge in [-0.25, -0.2) is 0 Å². The number of thiocarbonyl (C=S) groups is 1. The second-order valence-corrected chi connectivity index (χ2v) is 7.87. The van der Waals surface area contributed by atoms with Crippen LogP contribution in [0.3, 0.4) is 0 Å². The third-order valence-corrected chi connectivity index (χ3v) is 4.32. The lowest BCUT2D eigenvalue weighted by Crippen LogP contribution is -2.34. The molecular weight excluding hydrogens is 356 g/mol. The monoisotopic (exact) mass is 384 g/mol. The summed E-state index contributed by atoms with van der Waals surface area (Å²) < 4.78 is 5.63. The van der Waals surface area contributed by atoms with Crippen LogP contribution < -0.4 is 15.4 Å². The molecule has 0 unspecified atom stereocenters. The van der Waals surface area contributed by atoms with E-state index in [0.29, 0.717) is 12.2 Å². The maximum absolute atomic E-state index is 12.3. The maximum atomic E-state index is 12.3. The molecule has 0 aliphatic carbocycles. The molecule has 144 valence electrons. The number of nitrogens with one attached hydrogen (secondary N) is 2. The van der Waals surface area contributed by atoms with Crippen molar-refractivity contribution < 1.29 is 9.53 Å². The average Bonchev–Trinajstić information content (AvgIpc) is 2.62. The highest BCUT2D eigenvalue weighted by molar-refractivity contribution is 7.80. The highest BCUT2D eigenvalue weighted by atomic mass is 32.1. The molecule has 2 rings (SSSR count). The zero-order chi connectivity index (χ0) is 19.9. The van der Waals surface area contributed by atoms with Gasteiger partial charge in [0, 0.05) is 11.3 Å². The average molecular weight is 385 g/mol. The minimum atomic E-state index is -0.229. The first-order chi connectivity index (χ1) is 12.8. The Labute approximate surface area is 167 Å². The second kappa shape index (κ2) is 9.51. The van der Waals surface area contributed by atoms with Gasteiger partial charge in [-0.3, -0.25) is 10.1 Å². The molecule has 2 aromatic carbocycles. The Morgan fingerprint density at radius 2 is 1.67 bits per heavy atom. The fourth-order valence-electron chi connectivity index (χ4n) is 2.43. The van der Waals surface area contributed by atoms with Gasteiger partial charge >= 0.3 is 0 Å². The number of hydrogen-bond donors (Lipinski definition) is 2. The van der Waals surface area contributed by atoms with Crippen LogP contribution in [0.2, 0.25) is 0 Å². The summed E-state index contributed by atoms with van der Waals surface area (Å²) in [6.45, 7) is 9.26. The molecule has 1 amide bonds. The van der Waals surface area contributed by atoms with E-state index in [1.165, 1.54) is 5.56 Å². The molecule has 2 N–H and O–H groups in total. The van der Waals surface area contributed by atoms with E-state index in [1.54, 1.807) is 0 Å². The molecule has 0 radical (unpaired) electrons. The van der Waals surface area contributed by atoms with Gasteiger partial charge in [0.15, 0.2) is 5.11 Å². The predicted molar refractivity (Wildman–Crippen MR) is 116 cm³/mol. The molecule has 5 heteroatoms. The lowest BCUT2D eigenvalue weighted by atomic mass is 9.87. The van der Waals surface area contributed by atoms with E-state index in [1.807, 2.05) is 48.5 Å². The molecule has 2 aromatic rings. The Bertz CT molecular complexity index is 762. The van der Waals surface area contributed by atoms with E-state index in [4.69, 9.17) is 17.0 Å². The van der Waals surface area contributed by atoms with E-state index in [9.17, 15) is 4.79 Å². The highest BCUT2D eigenvalue weighted by Crippen LogP contribution is 2.22. The molecule has 0 atom stereocenters. The Hall–Kier alpha value is -2.40. The van der Waals surface area contributed by atoms with Crippen molar-refractivity contribution in [2.24, 2.45) is 0 Å². The molecule has 4 nitrogen and oxygen atoms in total. The third kappa shape index (κ3) is 6.68. The number of anilines is 1. The first kappa shape index (κ1) is 20.9. The van der Waals surface area contributed by atoms with Gasteiger partial charge in [-0.15, -0.1) is 0 Å². The largest absolute Gasteiger partial charge is 0.494 e. The van der Waals surface area contributed by atoms with Crippen molar-refractivity contribution in [1.82, 2.24) is 5.32 Å². The van der Waals surface area contributed by atoms with Gasteiger partial charge in [0.1, 0.15) is 5.75 Å². The number of amides is 1. The van der Waals surface area contributed by atoms with Crippen LogP contribution in [-0.2, 0) is 5.41 Å². The molecule has 0 bridgehead atoms. The number of rotatable bonds is 6. The minimum absolute atomic E-state index is 0.0538. The number of benzene rings is 2. The van der Waals surface area contributed by atoms with Gasteiger partial charge in [-0.1, -0.05) is 46.2 Å². The Morgan fingerprint density at radius 3 is 2.22 bits per heavy atom. The normalized spacial score (nSPS) is 11.0. The fourth-order valence-corrected chi connectivity index (χ4v) is 2.64. The van der Waals surface area contributed by atoms with Gasteiger partial charge in [-0.05, 0) is 66.0 Å². The van der Waals surface area contributed by atoms with Gasteiger partial charge in [0.05, 0.1) is 6.61 Å². The number of unbranched alkanes of at least 4 members (excludes halogenated alkanes) is 1. The van der Waals surface area contributed by atoms with Crippen molar-refractivity contribution in [3.63, 3.8) is 0 Å². The van der Waals surface area contributed by atoms with Crippen molar-refractivity contribution in [2.45, 2.75) is 46.0 Å². The second-order valence-electron chi connectivity index (χ2n) is 7.46. The van der Waals surface area contributed by atoms with E-state index in [0.717, 1.165) is 24.3 Å². The summed E-state index contributed by atoms with van der Waals surface area (Å²) in [5, 5.41) is 5.99. The number of carbonyl (C=O) groups excluding carboxylic acids is 1. The molecule has 0 fully saturated rings. The molecule has 0 heterocycles. The standard InChI is InChI=1S/C22H28N2O2S/c1-5-6-15-26-19-13-11-18(12-14-19)23-21(27)24-20(25)16-7-9-17(10-8-16)22(2,3)4/h7-14H,5-6,15H2,1-4H3,(H2,23,24,25,27). The van der Waals surface area contributed by atoms with E-state index in [2.05, 4.69) is 38.3 Å². The summed E-state index contributed by atoms with van der Waals surface area (Å²) in [5.41, 5.74) is 2.61. The van der Waals surface area contributed by atoms with E-state index in [-0.39, 0.29) is 16.4 Å². The summed E-state index contributed by atoms with van der Waals surface area (Å²) in [6, 6.07) is 15.1. The van der Waals surface area contributed by atoms with Gasteiger partial charge in [0.25, 0.3) is 5.91 Å². The van der Waals surface area contributed by atoms with E-state index < -0.39 is 0 Å². The Kier molecular flexibility index (Phi) is 7.36. The van der Waals surface area contributed by atoms with Crippen molar-refractivity contribution in [2.75, 3.05) is 11.9 Å². The van der Waals surface area contributed by atoms with Crippen molar-refractivity contribution in [3.8, 4) is 5.75 Å². The summed E-state index contributed by atoms with van der Waals surface area (Å²) in [6.07, 6.45) is 2.14. The van der Waals surface area contributed by atoms with Crippen LogP contribution in [0.4, 0.5) is 5.69 Å². The molecular formula is C22H28N2O2S. The Morgan fingerprint density at radius 1 is 1.04 bits per heavy atom. The third-order valence-electron chi connectivity index (χ3n) is 4.12. The molecule has 27 heavy (non-hydrogen) atoms. The molecule has 0 aromatic heterocycles. The number of ether oxygens (including phenoxy) is 1. The maximum Gasteiger partial charge on any atom is 0.257 e. The summed E-state index contributed by atoms with van der Waals surface area (Å²) in [7, 11) is 0. The summed E-state index contributed by atoms with van der Waals surface area (Å²) in [4.78, 5) is 12.3. The topological polar surface area (TPSA) is 50.4 Å². The smallest absolute Gasteiger partial charge is 0.257 e. The summed E-state index contributed by atoms with van der Waals surface area (Å²) in [5.74, 6) is 0.593. The number of carbonyl (C=O) groups is 1. The first-order valence-electron chi connectivity index (χ1n) is 9.25. The molecule has 0 spiro atoms. The summed E-state index contributed by atoms with van der Waals surface area (Å²) >= 11 is 5.24. The first-order valence-corrected chi connectivity index (χ1v) is 9.66. The van der Waals surface area contributed by atoms with Crippen LogP contribution in [0.1, 0.15) is 56.5 Å². The van der Waals surface area contributed by atoms with Crippen molar-refractivity contribution in [1.29, 1.82) is 0 Å². The van der Waals surface area contributed by atoms with Crippen molar-refractivity contribution in [3.05, 3.63) is 59.7 Å². The molecule has 0 saturated carbocycles. The van der Waals surface area contributed by atoms with E-state index >= 15 is 0 Å². The van der Waals surface area contributed by atoms with Gasteiger partial charge in [-0.2, -0.15) is 0 Å². The number of hydrogen-bond acceptors (Lipinski definition) is 3. The Balaban J connectivity index is 1.88. The molecule has 0 saturated heterocycles. The van der Waals surface area contributed by atoms with Crippen LogP contribution in [0.15, 0.2) is 48.5 Å². The minimum Gasteiger partial charge on any atom is -0.494 e. The molecule has 0 aliphatic rings. The fraction of sp³-hybridized carbons (Fsp3) is 0.364. The lowest BCUT2D eigenvalue weighted by Gasteiger charge is -2.19. The van der Waals surface area contributed by atoms with Crippen LogP contribution >= 0.6 is 12.2 Å². The van der Waals surface area contributed by atoms with Crippen LogP contribution in [0.5, 0.6) is 5.75 Å². The van der Waals surface area contributed by atoms with Crippen LogP contribution in [-0.4, -0.2) is 17.6 Å². The SMILES string of the molecule is CCCCOc1ccc(NC(=S)NC(=O)c2ccc(C(C)(C)C)cc2)cc1. The van der Waals surface area contributed by atoms with Crippen LogP contribution in [0, 0.1) is 0 Å². The van der Waals surface area contributed by atoms with Gasteiger partial charge in [0.2, 0.25) is 0 Å². The quantitative estimate of drug-likeness (QED) is 0.525. The lowest BCUT2D eigenvalue weighted by molar-refractivity contribution is 0.0977.